The van der Waals surface area contributed by atoms with Gasteiger partial charge in [-0.25, -0.2) is 13.4 Å². The maximum absolute atomic E-state index is 11.8. The Morgan fingerprint density at radius 2 is 1.80 bits per heavy atom. The van der Waals surface area contributed by atoms with Crippen LogP contribution in [-0.4, -0.2) is 29.8 Å². The molecule has 0 fully saturated rings. The number of nitrogens with zero attached hydrogens (tertiary/aromatic N) is 2. The Labute approximate surface area is 121 Å². The second kappa shape index (κ2) is 5.41. The van der Waals surface area contributed by atoms with E-state index in [1.807, 2.05) is 13.8 Å². The van der Waals surface area contributed by atoms with Crippen LogP contribution in [0.5, 0.6) is 0 Å². The van der Waals surface area contributed by atoms with Crippen LogP contribution in [-0.2, 0) is 9.84 Å². The third-order valence-corrected chi connectivity index (χ3v) is 5.05. The van der Waals surface area contributed by atoms with Gasteiger partial charge in [0.05, 0.1) is 0 Å². The van der Waals surface area contributed by atoms with Crippen molar-refractivity contribution in [1.82, 2.24) is 9.36 Å². The molecule has 2 aromatic rings. The molecule has 0 aliphatic carbocycles. The van der Waals surface area contributed by atoms with Crippen LogP contribution in [0.1, 0.15) is 24.2 Å². The van der Waals surface area contributed by atoms with Crippen LogP contribution in [0.25, 0.3) is 11.4 Å². The molecule has 1 aromatic heterocycles. The molecule has 0 saturated heterocycles. The molecule has 2 rings (SSSR count). The largest absolute Gasteiger partial charge is 0.294 e. The number of carbonyl (C=O) groups is 1. The van der Waals surface area contributed by atoms with E-state index < -0.39 is 9.84 Å². The summed E-state index contributed by atoms with van der Waals surface area (Å²) in [6.45, 7) is 3.69. The van der Waals surface area contributed by atoms with Crippen LogP contribution in [0.15, 0.2) is 28.6 Å². The maximum Gasteiger partial charge on any atom is 0.228 e. The highest BCUT2D eigenvalue weighted by atomic mass is 32.2. The van der Waals surface area contributed by atoms with Crippen LogP contribution >= 0.6 is 11.5 Å². The fourth-order valence-electron chi connectivity index (χ4n) is 1.59. The number of hydrogen-bond donors (Lipinski definition) is 0. The van der Waals surface area contributed by atoms with E-state index in [2.05, 4.69) is 9.36 Å². The number of Topliss-reactive ketones (excluding diaryl/α,β-unsaturated/α-hetero) is 1. The quantitative estimate of drug-likeness (QED) is 0.811. The minimum Gasteiger partial charge on any atom is -0.294 e. The third kappa shape index (κ3) is 3.10. The molecule has 0 radical (unpaired) electrons. The summed E-state index contributed by atoms with van der Waals surface area (Å²) < 4.78 is 26.7. The SMILES string of the molecule is CC(C)C(=O)c1ccc(-c2nsc(S(C)(=O)=O)n2)cc1. The molecule has 0 saturated carbocycles. The van der Waals surface area contributed by atoms with E-state index in [1.165, 1.54) is 0 Å². The van der Waals surface area contributed by atoms with Crippen LogP contribution in [0.3, 0.4) is 0 Å². The predicted octanol–water partition coefficient (Wildman–Crippen LogP) is 2.45. The summed E-state index contributed by atoms with van der Waals surface area (Å²) >= 11 is 0.851. The Bertz CT molecular complexity index is 731. The molecule has 1 heterocycles. The molecule has 0 amide bonds. The first-order valence-corrected chi connectivity index (χ1v) is 8.64. The summed E-state index contributed by atoms with van der Waals surface area (Å²) in [5, 5.41) is 0. The number of ketones is 1. The van der Waals surface area contributed by atoms with Crippen molar-refractivity contribution in [2.75, 3.05) is 6.26 Å². The minimum absolute atomic E-state index is 0.00478. The van der Waals surface area contributed by atoms with Gasteiger partial charge in [0, 0.05) is 23.3 Å². The minimum atomic E-state index is -3.33. The first-order valence-electron chi connectivity index (χ1n) is 5.97. The average molecular weight is 310 g/mol. The summed E-state index contributed by atoms with van der Waals surface area (Å²) in [5.74, 6) is 0.369. The van der Waals surface area contributed by atoms with Crippen LogP contribution < -0.4 is 0 Å². The molecule has 0 unspecified atom stereocenters. The number of carbonyl (C=O) groups excluding carboxylic acids is 1. The Kier molecular flexibility index (Phi) is 4.01. The molecule has 0 aliphatic rings. The maximum atomic E-state index is 11.8. The fraction of sp³-hybridized carbons (Fsp3) is 0.308. The van der Waals surface area contributed by atoms with E-state index >= 15 is 0 Å². The number of sulfone groups is 1. The van der Waals surface area contributed by atoms with Crippen molar-refractivity contribution < 1.29 is 13.2 Å². The highest BCUT2D eigenvalue weighted by molar-refractivity contribution is 7.92. The van der Waals surface area contributed by atoms with Gasteiger partial charge in [-0.15, -0.1) is 0 Å². The number of hydrogen-bond acceptors (Lipinski definition) is 6. The second-order valence-electron chi connectivity index (χ2n) is 4.75. The zero-order valence-electron chi connectivity index (χ0n) is 11.3. The van der Waals surface area contributed by atoms with E-state index in [0.717, 1.165) is 17.8 Å². The van der Waals surface area contributed by atoms with Gasteiger partial charge in [-0.2, -0.15) is 4.37 Å². The molecule has 7 heteroatoms. The summed E-state index contributed by atoms with van der Waals surface area (Å²) in [5.41, 5.74) is 1.32. The molecule has 0 bridgehead atoms. The number of benzene rings is 1. The van der Waals surface area contributed by atoms with E-state index in [4.69, 9.17) is 0 Å². The molecule has 0 atom stereocenters. The smallest absolute Gasteiger partial charge is 0.228 e. The lowest BCUT2D eigenvalue weighted by atomic mass is 10.00. The zero-order valence-corrected chi connectivity index (χ0v) is 13.0. The zero-order chi connectivity index (χ0) is 14.9. The third-order valence-electron chi connectivity index (χ3n) is 2.68. The van der Waals surface area contributed by atoms with Gasteiger partial charge in [-0.1, -0.05) is 38.1 Å². The molecule has 0 aliphatic heterocycles. The van der Waals surface area contributed by atoms with Gasteiger partial charge in [-0.05, 0) is 11.5 Å². The Morgan fingerprint density at radius 3 is 2.25 bits per heavy atom. The Balaban J connectivity index is 2.31. The van der Waals surface area contributed by atoms with E-state index in [1.54, 1.807) is 24.3 Å². The van der Waals surface area contributed by atoms with E-state index in [9.17, 15) is 13.2 Å². The van der Waals surface area contributed by atoms with Crippen molar-refractivity contribution in [1.29, 1.82) is 0 Å². The molecule has 20 heavy (non-hydrogen) atoms. The molecule has 0 N–H and O–H groups in total. The van der Waals surface area contributed by atoms with Crippen LogP contribution in [0.2, 0.25) is 0 Å². The lowest BCUT2D eigenvalue weighted by molar-refractivity contribution is 0.0939. The van der Waals surface area contributed by atoms with Gasteiger partial charge >= 0.3 is 0 Å². The monoisotopic (exact) mass is 310 g/mol. The Hall–Kier alpha value is -1.60. The van der Waals surface area contributed by atoms with Crippen molar-refractivity contribution in [2.45, 2.75) is 18.2 Å². The van der Waals surface area contributed by atoms with Crippen molar-refractivity contribution in [2.24, 2.45) is 5.92 Å². The van der Waals surface area contributed by atoms with Crippen molar-refractivity contribution >= 4 is 27.2 Å². The highest BCUT2D eigenvalue weighted by Crippen LogP contribution is 2.22. The van der Waals surface area contributed by atoms with Gasteiger partial charge < -0.3 is 0 Å². The van der Waals surface area contributed by atoms with Crippen LogP contribution in [0.4, 0.5) is 0 Å². The summed E-state index contributed by atoms with van der Waals surface area (Å²) in [6.07, 6.45) is 1.10. The van der Waals surface area contributed by atoms with Crippen LogP contribution in [0, 0.1) is 5.92 Å². The van der Waals surface area contributed by atoms with Gasteiger partial charge in [-0.3, -0.25) is 4.79 Å². The summed E-state index contributed by atoms with van der Waals surface area (Å²) in [6, 6.07) is 6.87. The number of rotatable bonds is 4. The van der Waals surface area contributed by atoms with Gasteiger partial charge in [0.15, 0.2) is 11.6 Å². The molecule has 5 nitrogen and oxygen atoms in total. The average Bonchev–Trinajstić information content (AvgIpc) is 2.87. The molecular formula is C13H14N2O3S2. The topological polar surface area (TPSA) is 77.0 Å². The van der Waals surface area contributed by atoms with Gasteiger partial charge in [0.1, 0.15) is 0 Å². The first-order chi connectivity index (χ1) is 9.29. The Morgan fingerprint density at radius 1 is 1.20 bits per heavy atom. The fourth-order valence-corrected chi connectivity index (χ4v) is 2.94. The molecule has 0 spiro atoms. The highest BCUT2D eigenvalue weighted by Gasteiger charge is 2.16. The van der Waals surface area contributed by atoms with Gasteiger partial charge in [0.25, 0.3) is 0 Å². The molecule has 1 aromatic carbocycles. The summed E-state index contributed by atoms with van der Waals surface area (Å²) in [7, 11) is -3.33. The van der Waals surface area contributed by atoms with Crippen molar-refractivity contribution in [3.8, 4) is 11.4 Å². The lowest BCUT2D eigenvalue weighted by Gasteiger charge is -2.04. The number of aromatic nitrogens is 2. The summed E-state index contributed by atoms with van der Waals surface area (Å²) in [4.78, 5) is 15.8. The molecule has 106 valence electrons. The first kappa shape index (κ1) is 14.8. The predicted molar refractivity (Wildman–Crippen MR) is 77.6 cm³/mol. The normalized spacial score (nSPS) is 11.8. The lowest BCUT2D eigenvalue weighted by Crippen LogP contribution is -2.06. The van der Waals surface area contributed by atoms with E-state index in [0.29, 0.717) is 17.0 Å². The standard InChI is InChI=1S/C13H14N2O3S2/c1-8(2)11(16)9-4-6-10(7-5-9)12-14-13(19-15-12)20(3,17)18/h4-8H,1-3H3. The van der Waals surface area contributed by atoms with Crippen molar-refractivity contribution in [3.63, 3.8) is 0 Å². The van der Waals surface area contributed by atoms with Gasteiger partial charge in [0.2, 0.25) is 14.2 Å². The van der Waals surface area contributed by atoms with Crippen molar-refractivity contribution in [3.05, 3.63) is 29.8 Å². The van der Waals surface area contributed by atoms with E-state index in [-0.39, 0.29) is 16.0 Å². The molecular weight excluding hydrogens is 296 g/mol. The second-order valence-corrected chi connectivity index (χ2v) is 7.69.